The van der Waals surface area contributed by atoms with Crippen LogP contribution in [0.1, 0.15) is 23.8 Å². The Morgan fingerprint density at radius 2 is 2.31 bits per heavy atom. The van der Waals surface area contributed by atoms with Gasteiger partial charge in [-0.05, 0) is 12.5 Å². The molecule has 0 aliphatic carbocycles. The van der Waals surface area contributed by atoms with Gasteiger partial charge < -0.3 is 9.88 Å². The van der Waals surface area contributed by atoms with Crippen LogP contribution in [-0.4, -0.2) is 28.9 Å². The first-order valence-electron chi connectivity index (χ1n) is 4.86. The second-order valence-electron chi connectivity index (χ2n) is 3.28. The lowest BCUT2D eigenvalue weighted by atomic mass is 10.3. The Morgan fingerprint density at radius 3 is 2.75 bits per heavy atom. The molecule has 0 fully saturated rings. The molecule has 0 saturated heterocycles. The van der Waals surface area contributed by atoms with Crippen LogP contribution in [0.25, 0.3) is 0 Å². The lowest BCUT2D eigenvalue weighted by molar-refractivity contribution is 0.0772. The highest BCUT2D eigenvalue weighted by Gasteiger charge is 2.17. The molecule has 0 spiro atoms. The van der Waals surface area contributed by atoms with Gasteiger partial charge in [0.25, 0.3) is 5.91 Å². The zero-order chi connectivity index (χ0) is 12.1. The van der Waals surface area contributed by atoms with Crippen LogP contribution in [0.5, 0.6) is 0 Å². The lowest BCUT2D eigenvalue weighted by Gasteiger charge is -2.18. The van der Waals surface area contributed by atoms with E-state index in [2.05, 4.69) is 10.9 Å². The molecule has 1 heterocycles. The summed E-state index contributed by atoms with van der Waals surface area (Å²) in [5.41, 5.74) is 0.360. The van der Waals surface area contributed by atoms with Crippen molar-refractivity contribution in [2.24, 2.45) is 0 Å². The van der Waals surface area contributed by atoms with Gasteiger partial charge in [0, 0.05) is 6.54 Å². The van der Waals surface area contributed by atoms with Crippen LogP contribution >= 0.6 is 23.2 Å². The predicted molar refractivity (Wildman–Crippen MR) is 65.8 cm³/mol. The number of hydrogen-bond donors (Lipinski definition) is 1. The minimum atomic E-state index is -0.186. The number of amides is 1. The minimum absolute atomic E-state index is 0.186. The maximum atomic E-state index is 12.0. The average molecular weight is 259 g/mol. The highest BCUT2D eigenvalue weighted by atomic mass is 35.5. The summed E-state index contributed by atoms with van der Waals surface area (Å²) in [4.78, 5) is 16.3. The fourth-order valence-electron chi connectivity index (χ4n) is 1.32. The number of rotatable bonds is 4. The molecule has 0 aliphatic heterocycles. The molecule has 3 nitrogen and oxygen atoms in total. The van der Waals surface area contributed by atoms with Gasteiger partial charge in [0.05, 0.1) is 11.6 Å². The lowest BCUT2D eigenvalue weighted by Crippen LogP contribution is -2.32. The highest BCUT2D eigenvalue weighted by Crippen LogP contribution is 2.22. The van der Waals surface area contributed by atoms with Crippen molar-refractivity contribution in [2.75, 3.05) is 13.1 Å². The highest BCUT2D eigenvalue weighted by molar-refractivity contribution is 6.41. The number of carbonyl (C=O) groups excluding carboxylic acids is 1. The summed E-state index contributed by atoms with van der Waals surface area (Å²) >= 11 is 11.5. The molecule has 0 aliphatic rings. The van der Waals surface area contributed by atoms with Gasteiger partial charge in [-0.3, -0.25) is 4.79 Å². The van der Waals surface area contributed by atoms with Crippen LogP contribution in [0.2, 0.25) is 10.2 Å². The normalized spacial score (nSPS) is 9.88. The second-order valence-corrected chi connectivity index (χ2v) is 4.06. The first-order valence-corrected chi connectivity index (χ1v) is 5.62. The zero-order valence-corrected chi connectivity index (χ0v) is 10.4. The number of aromatic amines is 1. The third kappa shape index (κ3) is 2.94. The van der Waals surface area contributed by atoms with E-state index in [-0.39, 0.29) is 17.6 Å². The monoisotopic (exact) mass is 258 g/mol. The SMILES string of the molecule is C#CCN(CCC)C(=O)c1cc(Cl)c(Cl)[nH]1. The minimum Gasteiger partial charge on any atom is -0.340 e. The van der Waals surface area contributed by atoms with E-state index < -0.39 is 0 Å². The van der Waals surface area contributed by atoms with Crippen molar-refractivity contribution in [2.45, 2.75) is 13.3 Å². The molecule has 0 aromatic carbocycles. The average Bonchev–Trinajstić information content (AvgIpc) is 2.58. The molecular weight excluding hydrogens is 247 g/mol. The summed E-state index contributed by atoms with van der Waals surface area (Å²) < 4.78 is 0. The molecule has 86 valence electrons. The van der Waals surface area contributed by atoms with Crippen LogP contribution in [0.4, 0.5) is 0 Å². The molecule has 5 heteroatoms. The summed E-state index contributed by atoms with van der Waals surface area (Å²) in [6.07, 6.45) is 6.05. The molecule has 1 amide bonds. The van der Waals surface area contributed by atoms with E-state index in [9.17, 15) is 4.79 Å². The molecule has 0 unspecified atom stereocenters. The number of terminal acetylenes is 1. The van der Waals surface area contributed by atoms with Crippen molar-refractivity contribution in [1.29, 1.82) is 0 Å². The van der Waals surface area contributed by atoms with Crippen LogP contribution in [0.3, 0.4) is 0 Å². The van der Waals surface area contributed by atoms with E-state index in [1.807, 2.05) is 6.92 Å². The number of nitrogens with one attached hydrogen (secondary N) is 1. The summed E-state index contributed by atoms with van der Waals surface area (Å²) in [5, 5.41) is 0.601. The molecule has 1 aromatic heterocycles. The van der Waals surface area contributed by atoms with Gasteiger partial charge in [-0.15, -0.1) is 6.42 Å². The first-order chi connectivity index (χ1) is 7.60. The maximum absolute atomic E-state index is 12.0. The Labute approximate surface area is 105 Å². The van der Waals surface area contributed by atoms with Gasteiger partial charge in [0.1, 0.15) is 10.8 Å². The zero-order valence-electron chi connectivity index (χ0n) is 8.89. The molecule has 0 saturated carbocycles. The largest absolute Gasteiger partial charge is 0.340 e. The predicted octanol–water partition coefficient (Wildman–Crippen LogP) is 2.81. The fraction of sp³-hybridized carbons (Fsp3) is 0.364. The molecule has 1 rings (SSSR count). The quantitative estimate of drug-likeness (QED) is 0.829. The van der Waals surface area contributed by atoms with E-state index in [4.69, 9.17) is 29.6 Å². The third-order valence-electron chi connectivity index (χ3n) is 2.02. The van der Waals surface area contributed by atoms with Gasteiger partial charge >= 0.3 is 0 Å². The summed E-state index contributed by atoms with van der Waals surface area (Å²) in [5.74, 6) is 2.26. The molecule has 0 atom stereocenters. The van der Waals surface area contributed by atoms with E-state index in [0.29, 0.717) is 17.3 Å². The molecule has 1 N–H and O–H groups in total. The third-order valence-corrected chi connectivity index (χ3v) is 2.71. The van der Waals surface area contributed by atoms with Crippen molar-refractivity contribution in [3.8, 4) is 12.3 Å². The number of aromatic nitrogens is 1. The molecule has 0 radical (unpaired) electrons. The van der Waals surface area contributed by atoms with Crippen molar-refractivity contribution in [3.05, 3.63) is 21.9 Å². The van der Waals surface area contributed by atoms with E-state index in [0.717, 1.165) is 6.42 Å². The second kappa shape index (κ2) is 5.83. The number of H-pyrrole nitrogens is 1. The number of carbonyl (C=O) groups is 1. The Bertz CT molecular complexity index is 401. The molecule has 0 bridgehead atoms. The van der Waals surface area contributed by atoms with Crippen LogP contribution < -0.4 is 0 Å². The maximum Gasteiger partial charge on any atom is 0.271 e. The Kier molecular flexibility index (Phi) is 4.72. The van der Waals surface area contributed by atoms with Crippen molar-refractivity contribution < 1.29 is 4.79 Å². The fourth-order valence-corrected chi connectivity index (χ4v) is 1.63. The summed E-state index contributed by atoms with van der Waals surface area (Å²) in [7, 11) is 0. The van der Waals surface area contributed by atoms with E-state index in [1.54, 1.807) is 4.90 Å². The van der Waals surface area contributed by atoms with Crippen LogP contribution in [0.15, 0.2) is 6.07 Å². The number of halogens is 2. The van der Waals surface area contributed by atoms with Crippen molar-refractivity contribution in [3.63, 3.8) is 0 Å². The van der Waals surface area contributed by atoms with Crippen LogP contribution in [0, 0.1) is 12.3 Å². The number of hydrogen-bond acceptors (Lipinski definition) is 1. The topological polar surface area (TPSA) is 36.1 Å². The van der Waals surface area contributed by atoms with Gasteiger partial charge in [-0.25, -0.2) is 0 Å². The molecule has 1 aromatic rings. The molecule has 16 heavy (non-hydrogen) atoms. The molecular formula is C11H12Cl2N2O. The summed E-state index contributed by atoms with van der Waals surface area (Å²) in [6.45, 7) is 2.86. The van der Waals surface area contributed by atoms with Crippen molar-refractivity contribution >= 4 is 29.1 Å². The standard InChI is InChI=1S/C11H12Cl2N2O/c1-3-5-15(6-4-2)11(16)9-7-8(12)10(13)14-9/h1,7,14H,4-6H2,2H3. The van der Waals surface area contributed by atoms with E-state index in [1.165, 1.54) is 6.07 Å². The van der Waals surface area contributed by atoms with Gasteiger partial charge in [0.15, 0.2) is 0 Å². The Hall–Kier alpha value is -1.11. The van der Waals surface area contributed by atoms with E-state index >= 15 is 0 Å². The van der Waals surface area contributed by atoms with Gasteiger partial charge in [-0.2, -0.15) is 0 Å². The Balaban J connectivity index is 2.86. The van der Waals surface area contributed by atoms with Gasteiger partial charge in [-0.1, -0.05) is 36.0 Å². The summed E-state index contributed by atoms with van der Waals surface area (Å²) in [6, 6.07) is 1.51. The smallest absolute Gasteiger partial charge is 0.271 e. The van der Waals surface area contributed by atoms with Crippen molar-refractivity contribution in [1.82, 2.24) is 9.88 Å². The Morgan fingerprint density at radius 1 is 1.62 bits per heavy atom. The van der Waals surface area contributed by atoms with Crippen LogP contribution in [-0.2, 0) is 0 Å². The first kappa shape index (κ1) is 13.0. The number of nitrogens with zero attached hydrogens (tertiary/aromatic N) is 1. The van der Waals surface area contributed by atoms with Gasteiger partial charge in [0.2, 0.25) is 0 Å².